The van der Waals surface area contributed by atoms with Crippen molar-refractivity contribution in [1.82, 2.24) is 4.98 Å². The Labute approximate surface area is 101 Å². The van der Waals surface area contributed by atoms with Crippen molar-refractivity contribution in [3.8, 4) is 0 Å². The fourth-order valence-electron chi connectivity index (χ4n) is 1.97. The van der Waals surface area contributed by atoms with E-state index >= 15 is 0 Å². The van der Waals surface area contributed by atoms with E-state index in [1.807, 2.05) is 6.07 Å². The number of carbonyl (C=O) groups is 1. The fraction of sp³-hybridized carbons (Fsp3) is 0.500. The molecule has 0 aliphatic carbocycles. The quantitative estimate of drug-likeness (QED) is 0.823. The first-order valence-corrected chi connectivity index (χ1v) is 5.62. The lowest BCUT2D eigenvalue weighted by Gasteiger charge is -2.42. The summed E-state index contributed by atoms with van der Waals surface area (Å²) in [5.74, 6) is 0.397. The molecular formula is C12H17N3O2. The molecule has 1 aromatic heterocycles. The van der Waals surface area contributed by atoms with Crippen LogP contribution < -0.4 is 10.6 Å². The largest absolute Gasteiger partial charge is 0.377 e. The highest BCUT2D eigenvalue weighted by molar-refractivity contribution is 5.92. The number of primary amides is 1. The number of ether oxygens (including phenoxy) is 1. The Balaban J connectivity index is 2.24. The van der Waals surface area contributed by atoms with Crippen molar-refractivity contribution >= 4 is 11.7 Å². The second kappa shape index (κ2) is 4.33. The smallest absolute Gasteiger partial charge is 0.250 e. The predicted octanol–water partition coefficient (Wildman–Crippen LogP) is 0.796. The van der Waals surface area contributed by atoms with Gasteiger partial charge in [-0.3, -0.25) is 4.79 Å². The normalized spacial score (nSPS) is 19.1. The lowest BCUT2D eigenvalue weighted by Crippen LogP contribution is -2.53. The molecule has 0 radical (unpaired) electrons. The van der Waals surface area contributed by atoms with Gasteiger partial charge in [-0.25, -0.2) is 4.98 Å². The van der Waals surface area contributed by atoms with E-state index in [1.165, 1.54) is 6.20 Å². The van der Waals surface area contributed by atoms with Gasteiger partial charge in [0.15, 0.2) is 0 Å². The Morgan fingerprint density at radius 1 is 1.53 bits per heavy atom. The molecule has 92 valence electrons. The summed E-state index contributed by atoms with van der Waals surface area (Å²) in [6.45, 7) is 6.39. The maximum Gasteiger partial charge on any atom is 0.250 e. The number of amides is 1. The van der Waals surface area contributed by atoms with Gasteiger partial charge in [0.25, 0.3) is 0 Å². The van der Waals surface area contributed by atoms with Gasteiger partial charge < -0.3 is 15.4 Å². The van der Waals surface area contributed by atoms with Gasteiger partial charge in [0.1, 0.15) is 5.82 Å². The van der Waals surface area contributed by atoms with Crippen molar-refractivity contribution in [2.24, 2.45) is 5.73 Å². The van der Waals surface area contributed by atoms with Gasteiger partial charge >= 0.3 is 0 Å². The number of pyridine rings is 1. The van der Waals surface area contributed by atoms with Crippen LogP contribution in [0.2, 0.25) is 0 Å². The van der Waals surface area contributed by atoms with Crippen LogP contribution >= 0.6 is 0 Å². The van der Waals surface area contributed by atoms with Gasteiger partial charge in [-0.05, 0) is 26.0 Å². The summed E-state index contributed by atoms with van der Waals surface area (Å²) in [7, 11) is 0. The summed E-state index contributed by atoms with van der Waals surface area (Å²) in [5.41, 5.74) is 5.53. The summed E-state index contributed by atoms with van der Waals surface area (Å²) in [6, 6.07) is 3.53. The zero-order valence-electron chi connectivity index (χ0n) is 10.1. The molecule has 17 heavy (non-hydrogen) atoms. The third-order valence-electron chi connectivity index (χ3n) is 2.95. The first kappa shape index (κ1) is 11.9. The van der Waals surface area contributed by atoms with Crippen molar-refractivity contribution in [3.05, 3.63) is 23.9 Å². The number of nitrogens with two attached hydrogens (primary N) is 1. The highest BCUT2D eigenvalue weighted by atomic mass is 16.5. The van der Waals surface area contributed by atoms with E-state index in [-0.39, 0.29) is 5.54 Å². The minimum Gasteiger partial charge on any atom is -0.377 e. The first-order valence-electron chi connectivity index (χ1n) is 5.62. The van der Waals surface area contributed by atoms with E-state index in [2.05, 4.69) is 23.7 Å². The number of rotatable bonds is 2. The molecule has 2 heterocycles. The minimum atomic E-state index is -0.453. The van der Waals surface area contributed by atoms with E-state index in [4.69, 9.17) is 10.5 Å². The number of carbonyl (C=O) groups excluding carboxylic acids is 1. The van der Waals surface area contributed by atoms with E-state index in [1.54, 1.807) is 6.07 Å². The topological polar surface area (TPSA) is 68.5 Å². The molecule has 1 aliphatic rings. The summed E-state index contributed by atoms with van der Waals surface area (Å²) < 4.78 is 5.45. The van der Waals surface area contributed by atoms with Crippen molar-refractivity contribution in [2.45, 2.75) is 19.4 Å². The Hall–Kier alpha value is -1.62. The fourth-order valence-corrected chi connectivity index (χ4v) is 1.97. The Morgan fingerprint density at radius 3 is 2.82 bits per heavy atom. The minimum absolute atomic E-state index is 0.0838. The molecule has 5 heteroatoms. The molecule has 1 saturated heterocycles. The van der Waals surface area contributed by atoms with Crippen LogP contribution in [0.5, 0.6) is 0 Å². The van der Waals surface area contributed by atoms with Gasteiger partial charge in [0.2, 0.25) is 5.91 Å². The number of hydrogen-bond acceptors (Lipinski definition) is 4. The molecule has 1 aromatic rings. The van der Waals surface area contributed by atoms with Crippen molar-refractivity contribution in [1.29, 1.82) is 0 Å². The van der Waals surface area contributed by atoms with E-state index in [9.17, 15) is 4.79 Å². The van der Waals surface area contributed by atoms with Crippen LogP contribution in [0.4, 0.5) is 5.82 Å². The molecule has 2 N–H and O–H groups in total. The molecule has 1 fully saturated rings. The number of morpholine rings is 1. The van der Waals surface area contributed by atoms with Crippen molar-refractivity contribution < 1.29 is 9.53 Å². The average molecular weight is 235 g/mol. The lowest BCUT2D eigenvalue weighted by atomic mass is 10.0. The summed E-state index contributed by atoms with van der Waals surface area (Å²) in [5, 5.41) is 0. The zero-order chi connectivity index (χ0) is 12.5. The number of hydrogen-bond donors (Lipinski definition) is 1. The van der Waals surface area contributed by atoms with E-state index in [0.29, 0.717) is 18.8 Å². The summed E-state index contributed by atoms with van der Waals surface area (Å²) >= 11 is 0. The number of anilines is 1. The standard InChI is InChI=1S/C12H17N3O2/c1-12(2)8-17-6-5-15(12)10-4-3-9(7-14-10)11(13)16/h3-4,7H,5-6,8H2,1-2H3,(H2,13,16). The highest BCUT2D eigenvalue weighted by Gasteiger charge is 2.31. The predicted molar refractivity (Wildman–Crippen MR) is 65.0 cm³/mol. The van der Waals surface area contributed by atoms with E-state index in [0.717, 1.165) is 12.4 Å². The second-order valence-electron chi connectivity index (χ2n) is 4.79. The van der Waals surface area contributed by atoms with Crippen molar-refractivity contribution in [2.75, 3.05) is 24.7 Å². The van der Waals surface area contributed by atoms with Crippen LogP contribution in [0.3, 0.4) is 0 Å². The van der Waals surface area contributed by atoms with E-state index < -0.39 is 5.91 Å². The van der Waals surface area contributed by atoms with Crippen LogP contribution in [0.25, 0.3) is 0 Å². The zero-order valence-corrected chi connectivity index (χ0v) is 10.1. The third-order valence-corrected chi connectivity index (χ3v) is 2.95. The summed E-state index contributed by atoms with van der Waals surface area (Å²) in [4.78, 5) is 17.4. The third kappa shape index (κ3) is 2.39. The number of aromatic nitrogens is 1. The Bertz CT molecular complexity index is 414. The molecule has 0 aromatic carbocycles. The molecule has 0 spiro atoms. The van der Waals surface area contributed by atoms with Crippen LogP contribution in [-0.4, -0.2) is 36.2 Å². The molecule has 0 bridgehead atoms. The van der Waals surface area contributed by atoms with Gasteiger partial charge in [0.05, 0.1) is 24.3 Å². The molecular weight excluding hydrogens is 218 g/mol. The Morgan fingerprint density at radius 2 is 2.29 bits per heavy atom. The molecule has 1 amide bonds. The molecule has 1 aliphatic heterocycles. The average Bonchev–Trinajstić information content (AvgIpc) is 2.28. The SMILES string of the molecule is CC1(C)COCCN1c1ccc(C(N)=O)cn1. The monoisotopic (exact) mass is 235 g/mol. The van der Waals surface area contributed by atoms with Crippen molar-refractivity contribution in [3.63, 3.8) is 0 Å². The lowest BCUT2D eigenvalue weighted by molar-refractivity contribution is 0.0639. The molecule has 2 rings (SSSR count). The highest BCUT2D eigenvalue weighted by Crippen LogP contribution is 2.25. The molecule has 0 unspecified atom stereocenters. The van der Waals surface area contributed by atoms with Crippen LogP contribution in [0, 0.1) is 0 Å². The molecule has 5 nitrogen and oxygen atoms in total. The maximum atomic E-state index is 11.0. The molecule has 0 saturated carbocycles. The van der Waals surface area contributed by atoms with Crippen LogP contribution in [0.1, 0.15) is 24.2 Å². The van der Waals surface area contributed by atoms with Gasteiger partial charge in [-0.1, -0.05) is 0 Å². The summed E-state index contributed by atoms with van der Waals surface area (Å²) in [6.07, 6.45) is 1.52. The van der Waals surface area contributed by atoms with Gasteiger partial charge in [-0.15, -0.1) is 0 Å². The maximum absolute atomic E-state index is 11.0. The van der Waals surface area contributed by atoms with Gasteiger partial charge in [-0.2, -0.15) is 0 Å². The van der Waals surface area contributed by atoms with Gasteiger partial charge in [0, 0.05) is 12.7 Å². The van der Waals surface area contributed by atoms with Crippen LogP contribution in [0.15, 0.2) is 18.3 Å². The molecule has 0 atom stereocenters. The first-order chi connectivity index (χ1) is 8.00. The van der Waals surface area contributed by atoms with Crippen LogP contribution in [-0.2, 0) is 4.74 Å². The Kier molecular flexibility index (Phi) is 3.02. The second-order valence-corrected chi connectivity index (χ2v) is 4.79. The number of nitrogens with zero attached hydrogens (tertiary/aromatic N) is 2.